The molecule has 6 heteroatoms. The second kappa shape index (κ2) is 5.51. The number of carbonyl (C=O) groups excluding carboxylic acids is 2. The van der Waals surface area contributed by atoms with Crippen molar-refractivity contribution in [2.75, 3.05) is 0 Å². The van der Waals surface area contributed by atoms with E-state index in [1.165, 1.54) is 0 Å². The van der Waals surface area contributed by atoms with Crippen molar-refractivity contribution >= 4 is 22.9 Å². The minimum atomic E-state index is -0.398. The molecule has 3 rings (SSSR count). The second-order valence-electron chi connectivity index (χ2n) is 4.34. The van der Waals surface area contributed by atoms with Crippen LogP contribution >= 0.6 is 0 Å². The number of amides is 2. The van der Waals surface area contributed by atoms with Gasteiger partial charge in [-0.3, -0.25) is 19.9 Å². The molecule has 0 spiro atoms. The number of benzene rings is 1. The van der Waals surface area contributed by atoms with Crippen LogP contribution in [0, 0.1) is 6.92 Å². The Morgan fingerprint density at radius 1 is 1.16 bits per heavy atom. The maximum Gasteiger partial charge on any atom is 0.417 e. The molecular formula is C13H16N2O4. The lowest BCUT2D eigenvalue weighted by Crippen LogP contribution is -2.33. The van der Waals surface area contributed by atoms with Crippen LogP contribution in [0.1, 0.15) is 26.3 Å². The summed E-state index contributed by atoms with van der Waals surface area (Å²) in [6, 6.07) is 5.58. The van der Waals surface area contributed by atoms with E-state index in [1.807, 2.05) is 25.1 Å². The lowest BCUT2D eigenvalue weighted by molar-refractivity contribution is -0.132. The highest BCUT2D eigenvalue weighted by atomic mass is 16.4. The molecular weight excluding hydrogens is 248 g/mol. The molecule has 0 bridgehead atoms. The normalized spacial score (nSPS) is 14.8. The zero-order valence-corrected chi connectivity index (χ0v) is 10.5. The smallest absolute Gasteiger partial charge is 0.408 e. The summed E-state index contributed by atoms with van der Waals surface area (Å²) in [5, 5.41) is 2.20. The number of aryl methyl sites for hydroxylation is 1. The molecule has 0 aliphatic carbocycles. The zero-order chi connectivity index (χ0) is 13.8. The molecule has 1 saturated heterocycles. The van der Waals surface area contributed by atoms with Gasteiger partial charge < -0.3 is 4.42 Å². The van der Waals surface area contributed by atoms with E-state index in [9.17, 15) is 14.4 Å². The van der Waals surface area contributed by atoms with Gasteiger partial charge in [-0.15, -0.1) is 0 Å². The van der Waals surface area contributed by atoms with Crippen LogP contribution in [0.15, 0.2) is 27.4 Å². The third-order valence-electron chi connectivity index (χ3n) is 2.66. The van der Waals surface area contributed by atoms with Crippen molar-refractivity contribution in [3.63, 3.8) is 0 Å². The van der Waals surface area contributed by atoms with Gasteiger partial charge in [0.25, 0.3) is 0 Å². The first-order valence-corrected chi connectivity index (χ1v) is 5.97. The molecule has 0 atom stereocenters. The molecule has 2 N–H and O–H groups in total. The van der Waals surface area contributed by atoms with E-state index in [0.29, 0.717) is 24.8 Å². The average Bonchev–Trinajstić information content (AvgIpc) is 2.69. The maximum atomic E-state index is 10.7. The van der Waals surface area contributed by atoms with E-state index in [0.717, 1.165) is 11.1 Å². The number of aromatic nitrogens is 1. The largest absolute Gasteiger partial charge is 0.417 e. The van der Waals surface area contributed by atoms with Crippen LogP contribution in [0.4, 0.5) is 0 Å². The summed E-state index contributed by atoms with van der Waals surface area (Å²) in [5.41, 5.74) is 2.45. The van der Waals surface area contributed by atoms with Gasteiger partial charge >= 0.3 is 5.76 Å². The number of carbonyl (C=O) groups is 2. The molecule has 1 aromatic heterocycles. The average molecular weight is 264 g/mol. The van der Waals surface area contributed by atoms with E-state index in [1.54, 1.807) is 0 Å². The number of aromatic amines is 1. The fourth-order valence-electron chi connectivity index (χ4n) is 1.74. The molecule has 0 radical (unpaired) electrons. The van der Waals surface area contributed by atoms with Crippen molar-refractivity contribution in [2.24, 2.45) is 0 Å². The number of piperidine rings is 1. The van der Waals surface area contributed by atoms with Gasteiger partial charge in [0.2, 0.25) is 11.8 Å². The third-order valence-corrected chi connectivity index (χ3v) is 2.66. The highest BCUT2D eigenvalue weighted by Crippen LogP contribution is 2.10. The van der Waals surface area contributed by atoms with Crippen molar-refractivity contribution in [3.8, 4) is 0 Å². The Balaban J connectivity index is 0.000000200. The topological polar surface area (TPSA) is 92.2 Å². The van der Waals surface area contributed by atoms with Gasteiger partial charge in [-0.05, 0) is 31.0 Å². The van der Waals surface area contributed by atoms with Crippen LogP contribution in [0.2, 0.25) is 0 Å². The Morgan fingerprint density at radius 2 is 1.84 bits per heavy atom. The molecule has 2 aromatic rings. The lowest BCUT2D eigenvalue weighted by Gasteiger charge is -2.07. The standard InChI is InChI=1S/C8H7NO2.C5H7NO2.H2/c1-5-2-3-6-7(4-5)11-8(10)9-6;7-4-2-1-3-5(8)6-4;/h2-4H,1H3,(H,9,10);1-3H2,(H,6,7,8);1H. The molecule has 0 saturated carbocycles. The summed E-state index contributed by atoms with van der Waals surface area (Å²) in [6.45, 7) is 1.95. The Kier molecular flexibility index (Phi) is 3.79. The van der Waals surface area contributed by atoms with Crippen molar-refractivity contribution in [1.29, 1.82) is 0 Å². The van der Waals surface area contributed by atoms with Crippen LogP contribution in [0.25, 0.3) is 11.1 Å². The molecule has 1 aliphatic rings. The third kappa shape index (κ3) is 3.54. The zero-order valence-electron chi connectivity index (χ0n) is 10.5. The van der Waals surface area contributed by atoms with Gasteiger partial charge in [-0.25, -0.2) is 4.79 Å². The Labute approximate surface area is 110 Å². The first kappa shape index (κ1) is 13.1. The summed E-state index contributed by atoms with van der Waals surface area (Å²) >= 11 is 0. The Morgan fingerprint density at radius 3 is 2.42 bits per heavy atom. The van der Waals surface area contributed by atoms with Gasteiger partial charge in [0.1, 0.15) is 0 Å². The number of H-pyrrole nitrogens is 1. The fraction of sp³-hybridized carbons (Fsp3) is 0.308. The van der Waals surface area contributed by atoms with Crippen LogP contribution in [0.5, 0.6) is 0 Å². The van der Waals surface area contributed by atoms with E-state index in [-0.39, 0.29) is 13.2 Å². The van der Waals surface area contributed by atoms with Crippen molar-refractivity contribution in [1.82, 2.24) is 10.3 Å². The van der Waals surface area contributed by atoms with Crippen LogP contribution in [0.3, 0.4) is 0 Å². The number of hydrogen-bond acceptors (Lipinski definition) is 4. The van der Waals surface area contributed by atoms with E-state index in [4.69, 9.17) is 4.42 Å². The molecule has 6 nitrogen and oxygen atoms in total. The van der Waals surface area contributed by atoms with Crippen molar-refractivity contribution in [2.45, 2.75) is 26.2 Å². The highest BCUT2D eigenvalue weighted by molar-refractivity contribution is 5.97. The minimum Gasteiger partial charge on any atom is -0.408 e. The van der Waals surface area contributed by atoms with E-state index >= 15 is 0 Å². The number of fused-ring (bicyclic) bond motifs is 1. The summed E-state index contributed by atoms with van der Waals surface area (Å²) in [4.78, 5) is 33.9. The van der Waals surface area contributed by atoms with Gasteiger partial charge in [0.05, 0.1) is 5.52 Å². The van der Waals surface area contributed by atoms with Crippen molar-refractivity contribution < 1.29 is 15.4 Å². The molecule has 1 aliphatic heterocycles. The van der Waals surface area contributed by atoms with Crippen molar-refractivity contribution in [3.05, 3.63) is 34.3 Å². The lowest BCUT2D eigenvalue weighted by atomic mass is 10.1. The highest BCUT2D eigenvalue weighted by Gasteiger charge is 2.12. The number of hydrogen-bond donors (Lipinski definition) is 2. The monoisotopic (exact) mass is 264 g/mol. The van der Waals surface area contributed by atoms with Gasteiger partial charge in [-0.1, -0.05) is 6.07 Å². The molecule has 2 amide bonds. The second-order valence-corrected chi connectivity index (χ2v) is 4.34. The SMILES string of the molecule is Cc1ccc2[nH]c(=O)oc2c1.O=C1CCCC(=O)N1.[HH]. The Bertz CT molecular complexity index is 660. The number of oxazole rings is 1. The fourth-order valence-corrected chi connectivity index (χ4v) is 1.74. The maximum absolute atomic E-state index is 10.7. The summed E-state index contributed by atoms with van der Waals surface area (Å²) in [7, 11) is 0. The molecule has 1 aromatic carbocycles. The van der Waals surface area contributed by atoms with E-state index < -0.39 is 5.76 Å². The molecule has 1 fully saturated rings. The first-order valence-electron chi connectivity index (χ1n) is 5.97. The van der Waals surface area contributed by atoms with Crippen LogP contribution < -0.4 is 11.1 Å². The van der Waals surface area contributed by atoms with E-state index in [2.05, 4.69) is 10.3 Å². The summed E-state index contributed by atoms with van der Waals surface area (Å²) < 4.78 is 4.84. The van der Waals surface area contributed by atoms with Gasteiger partial charge in [-0.2, -0.15) is 0 Å². The quantitative estimate of drug-likeness (QED) is 0.705. The summed E-state index contributed by atoms with van der Waals surface area (Å²) in [5.74, 6) is -0.673. The molecule has 2 heterocycles. The number of nitrogens with one attached hydrogen (secondary N) is 2. The minimum absolute atomic E-state index is 0. The first-order chi connectivity index (χ1) is 9.04. The summed E-state index contributed by atoms with van der Waals surface area (Å²) in [6.07, 6.45) is 1.72. The number of imide groups is 1. The van der Waals surface area contributed by atoms with Crippen LogP contribution in [-0.4, -0.2) is 16.8 Å². The van der Waals surface area contributed by atoms with Crippen LogP contribution in [-0.2, 0) is 9.59 Å². The predicted molar refractivity (Wildman–Crippen MR) is 70.7 cm³/mol. The number of rotatable bonds is 0. The van der Waals surface area contributed by atoms with Gasteiger partial charge in [0.15, 0.2) is 5.58 Å². The Hall–Kier alpha value is -2.37. The molecule has 19 heavy (non-hydrogen) atoms. The molecule has 102 valence electrons. The molecule has 0 unspecified atom stereocenters. The van der Waals surface area contributed by atoms with Gasteiger partial charge in [0, 0.05) is 14.3 Å². The predicted octanol–water partition coefficient (Wildman–Crippen LogP) is 1.49.